The molecule has 1 rings (SSSR count). The lowest BCUT2D eigenvalue weighted by molar-refractivity contribution is -0.0282. The zero-order valence-corrected chi connectivity index (χ0v) is 14.9. The first-order chi connectivity index (χ1) is 9.49. The Kier molecular flexibility index (Phi) is 8.49. The summed E-state index contributed by atoms with van der Waals surface area (Å²) in [5.74, 6) is 1.25. The van der Waals surface area contributed by atoms with Crippen molar-refractivity contribution in [1.29, 1.82) is 0 Å². The van der Waals surface area contributed by atoms with Crippen molar-refractivity contribution in [3.63, 3.8) is 0 Å². The van der Waals surface area contributed by atoms with Crippen LogP contribution in [0.2, 0.25) is 0 Å². The third-order valence-electron chi connectivity index (χ3n) is 4.37. The van der Waals surface area contributed by atoms with E-state index in [1.807, 2.05) is 11.8 Å². The van der Waals surface area contributed by atoms with Gasteiger partial charge in [-0.25, -0.2) is 0 Å². The van der Waals surface area contributed by atoms with Gasteiger partial charge in [-0.2, -0.15) is 11.8 Å². The quantitative estimate of drug-likeness (QED) is 0.708. The maximum atomic E-state index is 5.81. The zero-order chi connectivity index (χ0) is 15.0. The summed E-state index contributed by atoms with van der Waals surface area (Å²) in [6.45, 7) is 10.9. The molecule has 0 radical (unpaired) electrons. The van der Waals surface area contributed by atoms with E-state index in [1.54, 1.807) is 0 Å². The number of rotatable bonds is 9. The van der Waals surface area contributed by atoms with E-state index in [0.29, 0.717) is 17.5 Å². The molecule has 1 fully saturated rings. The SMILES string of the molecule is CSCCC(C)N(C)CC1(CNC(C)C)CCCOC1. The molecule has 1 N–H and O–H groups in total. The Morgan fingerprint density at radius 2 is 2.10 bits per heavy atom. The molecule has 1 aliphatic rings. The van der Waals surface area contributed by atoms with E-state index < -0.39 is 0 Å². The minimum absolute atomic E-state index is 0.297. The van der Waals surface area contributed by atoms with Crippen molar-refractivity contribution in [3.05, 3.63) is 0 Å². The second kappa shape index (κ2) is 9.29. The van der Waals surface area contributed by atoms with Crippen LogP contribution in [0.5, 0.6) is 0 Å². The van der Waals surface area contributed by atoms with Gasteiger partial charge in [0, 0.05) is 37.2 Å². The molecule has 0 aromatic carbocycles. The van der Waals surface area contributed by atoms with Crippen molar-refractivity contribution in [2.24, 2.45) is 5.41 Å². The van der Waals surface area contributed by atoms with Gasteiger partial charge in [-0.3, -0.25) is 0 Å². The summed E-state index contributed by atoms with van der Waals surface area (Å²) in [7, 11) is 2.27. The molecule has 0 saturated carbocycles. The Hall–Kier alpha value is 0.230. The normalized spacial score (nSPS) is 25.4. The first-order valence-corrected chi connectivity index (χ1v) is 9.39. The second-order valence-electron chi connectivity index (χ2n) is 6.74. The number of nitrogens with zero attached hydrogens (tertiary/aromatic N) is 1. The van der Waals surface area contributed by atoms with Crippen molar-refractivity contribution in [1.82, 2.24) is 10.2 Å². The van der Waals surface area contributed by atoms with E-state index in [1.165, 1.54) is 25.0 Å². The molecule has 0 aromatic heterocycles. The highest BCUT2D eigenvalue weighted by Crippen LogP contribution is 2.30. The smallest absolute Gasteiger partial charge is 0.0546 e. The summed E-state index contributed by atoms with van der Waals surface area (Å²) in [4.78, 5) is 2.53. The van der Waals surface area contributed by atoms with E-state index in [2.05, 4.69) is 44.3 Å². The first kappa shape index (κ1) is 18.3. The summed E-state index contributed by atoms with van der Waals surface area (Å²) < 4.78 is 5.81. The molecule has 0 bridgehead atoms. The van der Waals surface area contributed by atoms with Crippen LogP contribution in [-0.4, -0.2) is 62.3 Å². The molecule has 1 heterocycles. The molecule has 4 heteroatoms. The van der Waals surface area contributed by atoms with Crippen LogP contribution in [0.25, 0.3) is 0 Å². The molecular weight excluding hydrogens is 268 g/mol. The fraction of sp³-hybridized carbons (Fsp3) is 1.00. The molecule has 1 aliphatic heterocycles. The van der Waals surface area contributed by atoms with Gasteiger partial charge in [-0.1, -0.05) is 13.8 Å². The number of hydrogen-bond acceptors (Lipinski definition) is 4. The fourth-order valence-electron chi connectivity index (χ4n) is 2.84. The predicted molar refractivity (Wildman–Crippen MR) is 90.7 cm³/mol. The Morgan fingerprint density at radius 1 is 1.35 bits per heavy atom. The highest BCUT2D eigenvalue weighted by atomic mass is 32.2. The number of ether oxygens (including phenoxy) is 1. The summed E-state index contributed by atoms with van der Waals surface area (Å²) >= 11 is 1.94. The summed E-state index contributed by atoms with van der Waals surface area (Å²) in [5, 5.41) is 3.63. The van der Waals surface area contributed by atoms with Crippen molar-refractivity contribution in [2.75, 3.05) is 45.4 Å². The first-order valence-electron chi connectivity index (χ1n) is 7.99. The maximum Gasteiger partial charge on any atom is 0.0546 e. The monoisotopic (exact) mass is 302 g/mol. The van der Waals surface area contributed by atoms with Gasteiger partial charge in [0.1, 0.15) is 0 Å². The van der Waals surface area contributed by atoms with Gasteiger partial charge < -0.3 is 15.0 Å². The molecule has 2 unspecified atom stereocenters. The van der Waals surface area contributed by atoms with Crippen LogP contribution in [0.1, 0.15) is 40.0 Å². The van der Waals surface area contributed by atoms with Crippen molar-refractivity contribution >= 4 is 11.8 Å². The van der Waals surface area contributed by atoms with Crippen LogP contribution >= 0.6 is 11.8 Å². The number of nitrogens with one attached hydrogen (secondary N) is 1. The van der Waals surface area contributed by atoms with Crippen LogP contribution in [-0.2, 0) is 4.74 Å². The van der Waals surface area contributed by atoms with Gasteiger partial charge in [-0.15, -0.1) is 0 Å². The number of hydrogen-bond donors (Lipinski definition) is 1. The average molecular weight is 303 g/mol. The predicted octanol–water partition coefficient (Wildman–Crippen LogP) is 2.85. The van der Waals surface area contributed by atoms with E-state index in [4.69, 9.17) is 4.74 Å². The standard InChI is InChI=1S/C16H34N2OS/c1-14(2)17-11-16(8-6-9-19-13-16)12-18(4)15(3)7-10-20-5/h14-15,17H,6-13H2,1-5H3. The average Bonchev–Trinajstić information content (AvgIpc) is 2.43. The molecule has 0 spiro atoms. The Balaban J connectivity index is 2.54. The molecule has 3 nitrogen and oxygen atoms in total. The summed E-state index contributed by atoms with van der Waals surface area (Å²) in [6, 6.07) is 1.20. The van der Waals surface area contributed by atoms with Gasteiger partial charge in [0.05, 0.1) is 6.61 Å². The Morgan fingerprint density at radius 3 is 2.65 bits per heavy atom. The van der Waals surface area contributed by atoms with Crippen LogP contribution in [0.15, 0.2) is 0 Å². The maximum absolute atomic E-state index is 5.81. The largest absolute Gasteiger partial charge is 0.381 e. The van der Waals surface area contributed by atoms with Gasteiger partial charge in [0.2, 0.25) is 0 Å². The second-order valence-corrected chi connectivity index (χ2v) is 7.72. The summed E-state index contributed by atoms with van der Waals surface area (Å²) in [5.41, 5.74) is 0.297. The number of thioether (sulfide) groups is 1. The van der Waals surface area contributed by atoms with Gasteiger partial charge in [-0.05, 0) is 45.2 Å². The fourth-order valence-corrected chi connectivity index (χ4v) is 3.42. The lowest BCUT2D eigenvalue weighted by atomic mass is 9.81. The minimum Gasteiger partial charge on any atom is -0.381 e. The topological polar surface area (TPSA) is 24.5 Å². The van der Waals surface area contributed by atoms with Crippen molar-refractivity contribution < 1.29 is 4.74 Å². The van der Waals surface area contributed by atoms with Gasteiger partial charge >= 0.3 is 0 Å². The highest BCUT2D eigenvalue weighted by molar-refractivity contribution is 7.98. The highest BCUT2D eigenvalue weighted by Gasteiger charge is 2.34. The van der Waals surface area contributed by atoms with E-state index in [9.17, 15) is 0 Å². The van der Waals surface area contributed by atoms with Crippen molar-refractivity contribution in [2.45, 2.75) is 52.1 Å². The molecule has 2 atom stereocenters. The van der Waals surface area contributed by atoms with Gasteiger partial charge in [0.15, 0.2) is 0 Å². The third kappa shape index (κ3) is 6.33. The van der Waals surface area contributed by atoms with E-state index in [-0.39, 0.29) is 0 Å². The Labute approximate surface area is 130 Å². The van der Waals surface area contributed by atoms with Crippen LogP contribution < -0.4 is 5.32 Å². The third-order valence-corrected chi connectivity index (χ3v) is 5.01. The summed E-state index contributed by atoms with van der Waals surface area (Å²) in [6.07, 6.45) is 5.95. The van der Waals surface area contributed by atoms with Crippen LogP contribution in [0, 0.1) is 5.41 Å². The molecule has 20 heavy (non-hydrogen) atoms. The molecule has 120 valence electrons. The Bertz CT molecular complexity index is 255. The van der Waals surface area contributed by atoms with Crippen LogP contribution in [0.3, 0.4) is 0 Å². The van der Waals surface area contributed by atoms with Gasteiger partial charge in [0.25, 0.3) is 0 Å². The minimum atomic E-state index is 0.297. The lowest BCUT2D eigenvalue weighted by Crippen LogP contribution is -2.50. The zero-order valence-electron chi connectivity index (χ0n) is 14.1. The van der Waals surface area contributed by atoms with Crippen LogP contribution in [0.4, 0.5) is 0 Å². The molecule has 0 aromatic rings. The lowest BCUT2D eigenvalue weighted by Gasteiger charge is -2.42. The molecule has 0 amide bonds. The molecule has 1 saturated heterocycles. The van der Waals surface area contributed by atoms with E-state index >= 15 is 0 Å². The van der Waals surface area contributed by atoms with E-state index in [0.717, 1.165) is 26.3 Å². The molecule has 0 aliphatic carbocycles. The molecular formula is C16H34N2OS. The van der Waals surface area contributed by atoms with Crippen molar-refractivity contribution in [3.8, 4) is 0 Å².